The van der Waals surface area contributed by atoms with Crippen LogP contribution in [-0.2, 0) is 4.74 Å². The molecule has 1 amide bonds. The van der Waals surface area contributed by atoms with Crippen LogP contribution in [0.15, 0.2) is 60.8 Å². The predicted molar refractivity (Wildman–Crippen MR) is 109 cm³/mol. The first kappa shape index (κ1) is 19.3. The number of carbonyl (C=O) groups is 1. The fraction of sp³-hybridized carbons (Fsp3) is 0.304. The van der Waals surface area contributed by atoms with E-state index in [-0.39, 0.29) is 23.7 Å². The Bertz CT molecular complexity index is 983. The van der Waals surface area contributed by atoms with Gasteiger partial charge >= 0.3 is 0 Å². The number of benzene rings is 2. The molecule has 0 aliphatic carbocycles. The van der Waals surface area contributed by atoms with Crippen LogP contribution in [0.3, 0.4) is 0 Å². The lowest BCUT2D eigenvalue weighted by molar-refractivity contribution is -0.0228. The van der Waals surface area contributed by atoms with Gasteiger partial charge < -0.3 is 9.64 Å². The maximum atomic E-state index is 13.4. The number of hydrogen-bond acceptors (Lipinski definition) is 3. The van der Waals surface area contributed by atoms with E-state index in [0.717, 1.165) is 16.9 Å². The Morgan fingerprint density at radius 3 is 2.55 bits per heavy atom. The van der Waals surface area contributed by atoms with E-state index in [4.69, 9.17) is 4.74 Å². The van der Waals surface area contributed by atoms with Gasteiger partial charge in [0.2, 0.25) is 0 Å². The van der Waals surface area contributed by atoms with E-state index in [2.05, 4.69) is 5.10 Å². The maximum absolute atomic E-state index is 13.4. The Morgan fingerprint density at radius 1 is 1.14 bits per heavy atom. The van der Waals surface area contributed by atoms with Gasteiger partial charge in [-0.15, -0.1) is 0 Å². The van der Waals surface area contributed by atoms with Gasteiger partial charge in [0.15, 0.2) is 0 Å². The number of halogens is 1. The zero-order valence-corrected chi connectivity index (χ0v) is 16.6. The summed E-state index contributed by atoms with van der Waals surface area (Å²) < 4.78 is 20.9. The number of hydrogen-bond donors (Lipinski definition) is 0. The molecule has 0 N–H and O–H groups in total. The third kappa shape index (κ3) is 3.93. The predicted octanol–water partition coefficient (Wildman–Crippen LogP) is 4.35. The number of amides is 1. The van der Waals surface area contributed by atoms with Crippen molar-refractivity contribution in [3.63, 3.8) is 0 Å². The standard InChI is InChI=1S/C23H24FN3O2/c1-16(2)22-20(14-25-27(22)19-10-8-18(24)9-11-19)23(28)26-12-13-29-21(15-26)17-6-4-3-5-7-17/h3-11,14,16,21H,12-13,15H2,1-2H3/t21-/m0/s1. The van der Waals surface area contributed by atoms with Gasteiger partial charge in [0, 0.05) is 6.54 Å². The number of ether oxygens (including phenoxy) is 1. The molecule has 0 unspecified atom stereocenters. The summed E-state index contributed by atoms with van der Waals surface area (Å²) in [5, 5.41) is 4.45. The summed E-state index contributed by atoms with van der Waals surface area (Å²) in [7, 11) is 0. The van der Waals surface area contributed by atoms with Gasteiger partial charge in [-0.2, -0.15) is 5.10 Å². The van der Waals surface area contributed by atoms with Gasteiger partial charge in [0.25, 0.3) is 5.91 Å². The molecule has 3 aromatic rings. The molecule has 4 rings (SSSR count). The molecule has 0 bridgehead atoms. The molecule has 1 atom stereocenters. The molecule has 2 heterocycles. The molecule has 29 heavy (non-hydrogen) atoms. The van der Waals surface area contributed by atoms with Crippen molar-refractivity contribution >= 4 is 5.91 Å². The second-order valence-electron chi connectivity index (χ2n) is 7.51. The van der Waals surface area contributed by atoms with Crippen molar-refractivity contribution in [3.05, 3.63) is 83.4 Å². The van der Waals surface area contributed by atoms with Crippen molar-refractivity contribution in [2.24, 2.45) is 0 Å². The summed E-state index contributed by atoms with van der Waals surface area (Å²) in [4.78, 5) is 15.2. The summed E-state index contributed by atoms with van der Waals surface area (Å²) >= 11 is 0. The lowest BCUT2D eigenvalue weighted by atomic mass is 10.0. The highest BCUT2D eigenvalue weighted by molar-refractivity contribution is 5.95. The van der Waals surface area contributed by atoms with Gasteiger partial charge in [-0.05, 0) is 35.7 Å². The zero-order valence-electron chi connectivity index (χ0n) is 16.6. The van der Waals surface area contributed by atoms with Crippen LogP contribution < -0.4 is 0 Å². The van der Waals surface area contributed by atoms with Crippen molar-refractivity contribution in [2.45, 2.75) is 25.9 Å². The quantitative estimate of drug-likeness (QED) is 0.662. The summed E-state index contributed by atoms with van der Waals surface area (Å²) in [5.41, 5.74) is 3.21. The fourth-order valence-electron chi connectivity index (χ4n) is 3.74. The first-order chi connectivity index (χ1) is 14.0. The molecule has 1 saturated heterocycles. The fourth-order valence-corrected chi connectivity index (χ4v) is 3.74. The maximum Gasteiger partial charge on any atom is 0.257 e. The van der Waals surface area contributed by atoms with Gasteiger partial charge in [0.05, 0.1) is 36.3 Å². The van der Waals surface area contributed by atoms with Gasteiger partial charge in [0.1, 0.15) is 11.9 Å². The van der Waals surface area contributed by atoms with E-state index in [1.54, 1.807) is 23.0 Å². The highest BCUT2D eigenvalue weighted by Gasteiger charge is 2.29. The molecule has 0 spiro atoms. The van der Waals surface area contributed by atoms with E-state index in [0.29, 0.717) is 25.3 Å². The van der Waals surface area contributed by atoms with Gasteiger partial charge in [-0.25, -0.2) is 9.07 Å². The molecule has 6 heteroatoms. The van der Waals surface area contributed by atoms with Gasteiger partial charge in [-0.3, -0.25) is 4.79 Å². The first-order valence-electron chi connectivity index (χ1n) is 9.84. The summed E-state index contributed by atoms with van der Waals surface area (Å²) in [6.07, 6.45) is 1.48. The van der Waals surface area contributed by atoms with Crippen LogP contribution in [0, 0.1) is 5.82 Å². The Hall–Kier alpha value is -2.99. The van der Waals surface area contributed by atoms with Crippen LogP contribution >= 0.6 is 0 Å². The summed E-state index contributed by atoms with van der Waals surface area (Å²) in [5.74, 6) is -0.276. The second kappa shape index (κ2) is 8.17. The van der Waals surface area contributed by atoms with Crippen molar-refractivity contribution in [2.75, 3.05) is 19.7 Å². The number of morpholine rings is 1. The van der Waals surface area contributed by atoms with Crippen LogP contribution in [0.1, 0.15) is 47.5 Å². The minimum Gasteiger partial charge on any atom is -0.370 e. The monoisotopic (exact) mass is 393 g/mol. The van der Waals surface area contributed by atoms with Crippen LogP contribution in [0.5, 0.6) is 0 Å². The normalized spacial score (nSPS) is 17.0. The van der Waals surface area contributed by atoms with Crippen molar-refractivity contribution < 1.29 is 13.9 Å². The highest BCUT2D eigenvalue weighted by Crippen LogP contribution is 2.27. The van der Waals surface area contributed by atoms with Crippen LogP contribution in [0.25, 0.3) is 5.69 Å². The third-order valence-electron chi connectivity index (χ3n) is 5.18. The topological polar surface area (TPSA) is 47.4 Å². The van der Waals surface area contributed by atoms with Crippen molar-refractivity contribution in [3.8, 4) is 5.69 Å². The Balaban J connectivity index is 1.62. The molecular formula is C23H24FN3O2. The Kier molecular flexibility index (Phi) is 5.45. The largest absolute Gasteiger partial charge is 0.370 e. The third-order valence-corrected chi connectivity index (χ3v) is 5.18. The summed E-state index contributed by atoms with van der Waals surface area (Å²) in [6, 6.07) is 16.1. The van der Waals surface area contributed by atoms with E-state index >= 15 is 0 Å². The minimum atomic E-state index is -0.302. The zero-order chi connectivity index (χ0) is 20.4. The molecule has 150 valence electrons. The first-order valence-corrected chi connectivity index (χ1v) is 9.84. The molecule has 1 aliphatic rings. The average Bonchev–Trinajstić information content (AvgIpc) is 3.20. The molecule has 0 saturated carbocycles. The van der Waals surface area contributed by atoms with E-state index in [1.807, 2.05) is 49.1 Å². The molecule has 2 aromatic carbocycles. The SMILES string of the molecule is CC(C)c1c(C(=O)N2CCO[C@H](c3ccccc3)C2)cnn1-c1ccc(F)cc1. The smallest absolute Gasteiger partial charge is 0.257 e. The Morgan fingerprint density at radius 2 is 1.86 bits per heavy atom. The highest BCUT2D eigenvalue weighted by atomic mass is 19.1. The van der Waals surface area contributed by atoms with Crippen molar-refractivity contribution in [1.82, 2.24) is 14.7 Å². The lowest BCUT2D eigenvalue weighted by Gasteiger charge is -2.33. The minimum absolute atomic E-state index is 0.0497. The van der Waals surface area contributed by atoms with Gasteiger partial charge in [-0.1, -0.05) is 44.2 Å². The number of rotatable bonds is 4. The number of nitrogens with zero attached hydrogens (tertiary/aromatic N) is 3. The molecule has 1 fully saturated rings. The molecule has 1 aliphatic heterocycles. The van der Waals surface area contributed by atoms with Crippen LogP contribution in [-0.4, -0.2) is 40.3 Å². The van der Waals surface area contributed by atoms with Crippen LogP contribution in [0.4, 0.5) is 4.39 Å². The van der Waals surface area contributed by atoms with E-state index in [1.165, 1.54) is 12.1 Å². The summed E-state index contributed by atoms with van der Waals surface area (Å²) in [6.45, 7) is 5.60. The lowest BCUT2D eigenvalue weighted by Crippen LogP contribution is -2.42. The number of aromatic nitrogens is 2. The van der Waals surface area contributed by atoms with Crippen LogP contribution in [0.2, 0.25) is 0 Å². The number of carbonyl (C=O) groups excluding carboxylic acids is 1. The van der Waals surface area contributed by atoms with E-state index in [9.17, 15) is 9.18 Å². The molecule has 1 aromatic heterocycles. The average molecular weight is 393 g/mol. The second-order valence-corrected chi connectivity index (χ2v) is 7.51. The van der Waals surface area contributed by atoms with Crippen molar-refractivity contribution in [1.29, 1.82) is 0 Å². The Labute approximate surface area is 169 Å². The molecular weight excluding hydrogens is 369 g/mol. The molecule has 0 radical (unpaired) electrons. The van der Waals surface area contributed by atoms with E-state index < -0.39 is 0 Å². The molecule has 5 nitrogen and oxygen atoms in total.